The molecule has 5 nitrogen and oxygen atoms in total. The van der Waals surface area contributed by atoms with Gasteiger partial charge in [0, 0.05) is 10.9 Å². The summed E-state index contributed by atoms with van der Waals surface area (Å²) in [5.74, 6) is -0.0514. The van der Waals surface area contributed by atoms with E-state index in [1.165, 1.54) is 18.4 Å². The third-order valence-corrected chi connectivity index (χ3v) is 4.41. The van der Waals surface area contributed by atoms with Gasteiger partial charge in [0.25, 0.3) is 5.91 Å². The molecule has 1 aliphatic carbocycles. The normalized spacial score (nSPS) is 13.6. The van der Waals surface area contributed by atoms with Crippen LogP contribution < -0.4 is 11.5 Å². The summed E-state index contributed by atoms with van der Waals surface area (Å²) in [5.41, 5.74) is 15.0. The number of pyridine rings is 1. The minimum atomic E-state index is -0.460. The van der Waals surface area contributed by atoms with Crippen molar-refractivity contribution in [3.63, 3.8) is 0 Å². The lowest BCUT2D eigenvalue weighted by Crippen LogP contribution is -2.24. The molecule has 4 N–H and O–H groups in total. The van der Waals surface area contributed by atoms with Gasteiger partial charge in [-0.1, -0.05) is 36.4 Å². The molecule has 5 heteroatoms. The first-order valence-electron chi connectivity index (χ1n) is 8.26. The molecule has 0 aliphatic heterocycles. The second kappa shape index (κ2) is 6.02. The summed E-state index contributed by atoms with van der Waals surface area (Å²) in [5, 5.41) is 0.736. The Bertz CT molecular complexity index is 1000. The molecular formula is C20H18N4O. The molecule has 4 rings (SSSR count). The van der Waals surface area contributed by atoms with Crippen molar-refractivity contribution in [2.75, 3.05) is 0 Å². The lowest BCUT2D eigenvalue weighted by Gasteiger charge is -2.09. The highest BCUT2D eigenvalue weighted by Crippen LogP contribution is 2.41. The number of carbonyl (C=O) groups excluding carboxylic acids is 1. The van der Waals surface area contributed by atoms with E-state index < -0.39 is 5.91 Å². The average molecular weight is 330 g/mol. The van der Waals surface area contributed by atoms with E-state index in [1.807, 2.05) is 36.4 Å². The van der Waals surface area contributed by atoms with Crippen molar-refractivity contribution in [1.82, 2.24) is 4.98 Å². The molecule has 1 saturated carbocycles. The fraction of sp³-hybridized carbons (Fsp3) is 0.150. The van der Waals surface area contributed by atoms with Gasteiger partial charge >= 0.3 is 0 Å². The molecule has 1 heterocycles. The highest BCUT2D eigenvalue weighted by Gasteiger charge is 2.23. The van der Waals surface area contributed by atoms with Gasteiger partial charge in [0.05, 0.1) is 16.8 Å². The van der Waals surface area contributed by atoms with Gasteiger partial charge in [0.1, 0.15) is 0 Å². The standard InChI is InChI=1S/C20H18N4O/c21-20(22)24-19(25)16-11-18(23-17-7-2-1-6-15(16)17)14-5-3-4-13(10-14)12-8-9-12/h1-7,10-12H,8-9H2,(H4,21,22,24,25). The second-order valence-electron chi connectivity index (χ2n) is 6.31. The maximum Gasteiger partial charge on any atom is 0.280 e. The molecule has 0 bridgehead atoms. The summed E-state index contributed by atoms with van der Waals surface area (Å²) in [7, 11) is 0. The molecule has 1 fully saturated rings. The van der Waals surface area contributed by atoms with Crippen LogP contribution in [0.2, 0.25) is 0 Å². The third-order valence-electron chi connectivity index (χ3n) is 4.41. The summed E-state index contributed by atoms with van der Waals surface area (Å²) in [4.78, 5) is 20.9. The lowest BCUT2D eigenvalue weighted by atomic mass is 10.0. The van der Waals surface area contributed by atoms with E-state index in [0.717, 1.165) is 22.2 Å². The minimum Gasteiger partial charge on any atom is -0.370 e. The zero-order valence-electron chi connectivity index (χ0n) is 13.6. The van der Waals surface area contributed by atoms with Gasteiger partial charge in [0.2, 0.25) is 0 Å². The van der Waals surface area contributed by atoms with E-state index >= 15 is 0 Å². The van der Waals surface area contributed by atoms with Crippen LogP contribution in [0.4, 0.5) is 0 Å². The highest BCUT2D eigenvalue weighted by atomic mass is 16.1. The number of hydrogen-bond donors (Lipinski definition) is 2. The Morgan fingerprint density at radius 1 is 1.04 bits per heavy atom. The Kier molecular flexibility index (Phi) is 3.69. The Labute approximate surface area is 145 Å². The van der Waals surface area contributed by atoms with E-state index in [0.29, 0.717) is 11.5 Å². The van der Waals surface area contributed by atoms with Gasteiger partial charge in [-0.2, -0.15) is 4.99 Å². The molecule has 1 amide bonds. The first-order valence-corrected chi connectivity index (χ1v) is 8.26. The number of carbonyl (C=O) groups is 1. The maximum absolute atomic E-state index is 12.5. The van der Waals surface area contributed by atoms with Gasteiger partial charge in [-0.05, 0) is 42.5 Å². The second-order valence-corrected chi connectivity index (χ2v) is 6.31. The molecule has 0 saturated heterocycles. The summed E-state index contributed by atoms with van der Waals surface area (Å²) < 4.78 is 0. The molecular weight excluding hydrogens is 312 g/mol. The van der Waals surface area contributed by atoms with Crippen LogP contribution >= 0.6 is 0 Å². The molecule has 0 radical (unpaired) electrons. The molecule has 3 aromatic rings. The van der Waals surface area contributed by atoms with Gasteiger partial charge in [0.15, 0.2) is 5.96 Å². The van der Waals surface area contributed by atoms with E-state index in [1.54, 1.807) is 6.07 Å². The van der Waals surface area contributed by atoms with Crippen molar-refractivity contribution in [1.29, 1.82) is 0 Å². The predicted molar refractivity (Wildman–Crippen MR) is 99.3 cm³/mol. The van der Waals surface area contributed by atoms with Gasteiger partial charge in [-0.25, -0.2) is 4.98 Å². The Morgan fingerprint density at radius 3 is 2.60 bits per heavy atom. The zero-order chi connectivity index (χ0) is 17.4. The van der Waals surface area contributed by atoms with Crippen LogP contribution in [0.15, 0.2) is 59.6 Å². The number of fused-ring (bicyclic) bond motifs is 1. The van der Waals surface area contributed by atoms with E-state index in [2.05, 4.69) is 17.1 Å². The molecule has 2 aromatic carbocycles. The topological polar surface area (TPSA) is 94.4 Å². The monoisotopic (exact) mass is 330 g/mol. The maximum atomic E-state index is 12.5. The van der Waals surface area contributed by atoms with Crippen molar-refractivity contribution in [2.45, 2.75) is 18.8 Å². The number of rotatable bonds is 3. The summed E-state index contributed by atoms with van der Waals surface area (Å²) >= 11 is 0. The minimum absolute atomic E-state index is 0.247. The summed E-state index contributed by atoms with van der Waals surface area (Å²) in [6.45, 7) is 0. The van der Waals surface area contributed by atoms with Crippen LogP contribution in [0.5, 0.6) is 0 Å². The summed E-state index contributed by atoms with van der Waals surface area (Å²) in [6.07, 6.45) is 2.48. The van der Waals surface area contributed by atoms with Crippen LogP contribution in [0, 0.1) is 0 Å². The van der Waals surface area contributed by atoms with Gasteiger partial charge in [-0.3, -0.25) is 4.79 Å². The Morgan fingerprint density at radius 2 is 1.84 bits per heavy atom. The lowest BCUT2D eigenvalue weighted by molar-refractivity contribution is 0.100. The smallest absolute Gasteiger partial charge is 0.280 e. The molecule has 0 atom stereocenters. The number of aliphatic imine (C=N–C) groups is 1. The largest absolute Gasteiger partial charge is 0.370 e. The van der Waals surface area contributed by atoms with Crippen LogP contribution in [0.3, 0.4) is 0 Å². The highest BCUT2D eigenvalue weighted by molar-refractivity contribution is 6.10. The van der Waals surface area contributed by atoms with Gasteiger partial charge in [-0.15, -0.1) is 0 Å². The first kappa shape index (κ1) is 15.3. The Hall–Kier alpha value is -3.21. The van der Waals surface area contributed by atoms with E-state index in [4.69, 9.17) is 16.5 Å². The van der Waals surface area contributed by atoms with E-state index in [9.17, 15) is 4.79 Å². The quantitative estimate of drug-likeness (QED) is 0.569. The number of amides is 1. The SMILES string of the molecule is NC(N)=NC(=O)c1cc(-c2cccc(C3CC3)c2)nc2ccccc12. The number of nitrogens with two attached hydrogens (primary N) is 2. The number of aromatic nitrogens is 1. The molecule has 1 aliphatic rings. The summed E-state index contributed by atoms with van der Waals surface area (Å²) in [6, 6.07) is 17.6. The first-order chi connectivity index (χ1) is 12.1. The number of benzene rings is 2. The fourth-order valence-electron chi connectivity index (χ4n) is 3.05. The van der Waals surface area contributed by atoms with Crippen LogP contribution in [-0.2, 0) is 0 Å². The van der Waals surface area contributed by atoms with E-state index in [-0.39, 0.29) is 5.96 Å². The van der Waals surface area contributed by atoms with Crippen molar-refractivity contribution in [2.24, 2.45) is 16.5 Å². The van der Waals surface area contributed by atoms with Gasteiger partial charge < -0.3 is 11.5 Å². The fourth-order valence-corrected chi connectivity index (χ4v) is 3.05. The number of hydrogen-bond acceptors (Lipinski definition) is 2. The predicted octanol–water partition coefficient (Wildman–Crippen LogP) is 3.19. The molecule has 124 valence electrons. The number of nitrogens with zero attached hydrogens (tertiary/aromatic N) is 2. The zero-order valence-corrected chi connectivity index (χ0v) is 13.6. The molecule has 25 heavy (non-hydrogen) atoms. The average Bonchev–Trinajstić information content (AvgIpc) is 3.45. The number of guanidine groups is 1. The van der Waals surface area contributed by atoms with Crippen molar-refractivity contribution in [3.8, 4) is 11.3 Å². The van der Waals surface area contributed by atoms with Crippen LogP contribution in [0.1, 0.15) is 34.7 Å². The number of para-hydroxylation sites is 1. The Balaban J connectivity index is 1.89. The van der Waals surface area contributed by atoms with Crippen LogP contribution in [-0.4, -0.2) is 16.9 Å². The molecule has 1 aromatic heterocycles. The molecule has 0 unspecified atom stereocenters. The van der Waals surface area contributed by atoms with Crippen molar-refractivity contribution >= 4 is 22.8 Å². The van der Waals surface area contributed by atoms with Crippen molar-refractivity contribution in [3.05, 3.63) is 65.7 Å². The van der Waals surface area contributed by atoms with Crippen molar-refractivity contribution < 1.29 is 4.79 Å². The molecule has 0 spiro atoms. The third kappa shape index (κ3) is 3.08. The van der Waals surface area contributed by atoms with Crippen LogP contribution in [0.25, 0.3) is 22.2 Å².